The second-order valence-electron chi connectivity index (χ2n) is 12.0. The van der Waals surface area contributed by atoms with Gasteiger partial charge in [0.2, 0.25) is 0 Å². The van der Waals surface area contributed by atoms with Crippen LogP contribution in [-0.4, -0.2) is 29.8 Å². The second kappa shape index (κ2) is 14.4. The first-order valence-corrected chi connectivity index (χ1v) is 15.9. The molecule has 3 rings (SSSR count). The van der Waals surface area contributed by atoms with Crippen molar-refractivity contribution in [1.29, 1.82) is 0 Å². The van der Waals surface area contributed by atoms with Crippen molar-refractivity contribution in [3.8, 4) is 0 Å². The maximum atomic E-state index is 7.23. The van der Waals surface area contributed by atoms with Crippen LogP contribution in [0.1, 0.15) is 149 Å². The predicted molar refractivity (Wildman–Crippen MR) is 147 cm³/mol. The van der Waals surface area contributed by atoms with Crippen LogP contribution in [0.25, 0.3) is 0 Å². The van der Waals surface area contributed by atoms with Crippen molar-refractivity contribution >= 4 is 23.2 Å². The van der Waals surface area contributed by atoms with Gasteiger partial charge in [-0.3, -0.25) is 0 Å². The molecule has 0 aromatic rings. The van der Waals surface area contributed by atoms with E-state index in [4.69, 9.17) is 32.7 Å². The van der Waals surface area contributed by atoms with Gasteiger partial charge < -0.3 is 9.47 Å². The van der Waals surface area contributed by atoms with E-state index in [0.717, 1.165) is 64.6 Å². The van der Waals surface area contributed by atoms with Crippen LogP contribution in [-0.2, 0) is 9.47 Å². The Balaban J connectivity index is 1.30. The summed E-state index contributed by atoms with van der Waals surface area (Å²) in [6, 6.07) is 0. The standard InChI is InChI=1S/C30H54Cl2O2/c1-3-5-7-9-11-13-23-33-26-15-19-28(20-16-26)25-29(30(28,31)32)21-17-27(18-22-29)34-24-14-12-10-8-6-4-2/h26-27H,3-25H2,1-2H3. The molecule has 0 bridgehead atoms. The predicted octanol–water partition coefficient (Wildman–Crippen LogP) is 10.2. The van der Waals surface area contributed by atoms with Crippen molar-refractivity contribution in [3.63, 3.8) is 0 Å². The van der Waals surface area contributed by atoms with Crippen molar-refractivity contribution in [2.75, 3.05) is 13.2 Å². The molecule has 0 radical (unpaired) electrons. The highest BCUT2D eigenvalue weighted by Gasteiger charge is 2.72. The van der Waals surface area contributed by atoms with Gasteiger partial charge in [-0.1, -0.05) is 78.1 Å². The summed E-state index contributed by atoms with van der Waals surface area (Å²) >= 11 is 14.5. The maximum Gasteiger partial charge on any atom is 0.129 e. The summed E-state index contributed by atoms with van der Waals surface area (Å²) in [6.45, 7) is 6.41. The Bertz CT molecular complexity index is 502. The van der Waals surface area contributed by atoms with E-state index in [9.17, 15) is 0 Å². The Morgan fingerprint density at radius 1 is 0.559 bits per heavy atom. The fraction of sp³-hybridized carbons (Fsp3) is 1.00. The summed E-state index contributed by atoms with van der Waals surface area (Å²) in [7, 11) is 0. The van der Waals surface area contributed by atoms with E-state index in [1.165, 1.54) is 83.5 Å². The van der Waals surface area contributed by atoms with E-state index in [0.29, 0.717) is 12.2 Å². The fourth-order valence-corrected chi connectivity index (χ4v) is 8.22. The molecule has 2 nitrogen and oxygen atoms in total. The molecule has 0 aliphatic heterocycles. The molecule has 0 aromatic heterocycles. The first-order chi connectivity index (χ1) is 16.5. The Labute approximate surface area is 221 Å². The summed E-state index contributed by atoms with van der Waals surface area (Å²) in [5, 5.41) is 0. The van der Waals surface area contributed by atoms with E-state index < -0.39 is 4.33 Å². The average Bonchev–Trinajstić information content (AvgIpc) is 2.85. The lowest BCUT2D eigenvalue weighted by Gasteiger charge is -2.69. The number of hydrogen-bond donors (Lipinski definition) is 0. The zero-order valence-corrected chi connectivity index (χ0v) is 24.0. The van der Waals surface area contributed by atoms with Gasteiger partial charge in [0, 0.05) is 24.0 Å². The molecule has 2 spiro atoms. The van der Waals surface area contributed by atoms with E-state index in [1.54, 1.807) is 0 Å². The lowest BCUT2D eigenvalue weighted by molar-refractivity contribution is -0.139. The highest BCUT2D eigenvalue weighted by atomic mass is 35.5. The molecular formula is C30H54Cl2O2. The van der Waals surface area contributed by atoms with E-state index in [2.05, 4.69) is 13.8 Å². The zero-order valence-electron chi connectivity index (χ0n) is 22.5. The molecule has 3 saturated carbocycles. The van der Waals surface area contributed by atoms with Crippen LogP contribution in [0.5, 0.6) is 0 Å². The summed E-state index contributed by atoms with van der Waals surface area (Å²) in [5.41, 5.74) is 0.255. The van der Waals surface area contributed by atoms with Crippen LogP contribution in [0.3, 0.4) is 0 Å². The van der Waals surface area contributed by atoms with E-state index >= 15 is 0 Å². The van der Waals surface area contributed by atoms with Gasteiger partial charge in [0.25, 0.3) is 0 Å². The average molecular weight is 518 g/mol. The molecule has 0 aromatic carbocycles. The first-order valence-electron chi connectivity index (χ1n) is 15.1. The van der Waals surface area contributed by atoms with Gasteiger partial charge in [-0.15, -0.1) is 23.2 Å². The molecule has 3 aliphatic rings. The summed E-state index contributed by atoms with van der Waals surface area (Å²) in [6.07, 6.45) is 27.1. The third-order valence-electron chi connectivity index (χ3n) is 9.49. The molecule has 4 heteroatoms. The molecule has 200 valence electrons. The number of ether oxygens (including phenoxy) is 2. The minimum atomic E-state index is -0.561. The third kappa shape index (κ3) is 7.29. The minimum absolute atomic E-state index is 0.127. The van der Waals surface area contributed by atoms with E-state index in [-0.39, 0.29) is 10.8 Å². The Kier molecular flexibility index (Phi) is 12.3. The second-order valence-corrected chi connectivity index (χ2v) is 13.3. The molecule has 3 fully saturated rings. The summed E-state index contributed by atoms with van der Waals surface area (Å²) in [5.74, 6) is 0. The van der Waals surface area contributed by atoms with Crippen molar-refractivity contribution < 1.29 is 9.47 Å². The molecule has 0 N–H and O–H groups in total. The number of halogens is 2. The highest BCUT2D eigenvalue weighted by molar-refractivity contribution is 6.50. The molecule has 3 aliphatic carbocycles. The quantitative estimate of drug-likeness (QED) is 0.150. The molecule has 0 amide bonds. The molecule has 0 heterocycles. The lowest BCUT2D eigenvalue weighted by Crippen LogP contribution is -2.67. The monoisotopic (exact) mass is 516 g/mol. The maximum absolute atomic E-state index is 7.23. The van der Waals surface area contributed by atoms with Crippen molar-refractivity contribution in [3.05, 3.63) is 0 Å². The van der Waals surface area contributed by atoms with Gasteiger partial charge in [0.05, 0.1) is 12.2 Å². The molecular weight excluding hydrogens is 463 g/mol. The lowest BCUT2D eigenvalue weighted by atomic mass is 9.44. The van der Waals surface area contributed by atoms with Gasteiger partial charge in [-0.2, -0.15) is 0 Å². The molecule has 0 unspecified atom stereocenters. The SMILES string of the molecule is CCCCCCCCOC1CCC2(CC1)CC1(CCC(OCCCCCCCC)CC1)C2(Cl)Cl. The molecule has 0 atom stereocenters. The van der Waals surface area contributed by atoms with Crippen molar-refractivity contribution in [2.24, 2.45) is 10.8 Å². The van der Waals surface area contributed by atoms with Crippen LogP contribution in [0.15, 0.2) is 0 Å². The third-order valence-corrected chi connectivity index (χ3v) is 11.1. The van der Waals surface area contributed by atoms with Gasteiger partial charge in [-0.05, 0) is 70.6 Å². The Morgan fingerprint density at radius 3 is 1.26 bits per heavy atom. The van der Waals surface area contributed by atoms with Crippen molar-refractivity contribution in [2.45, 2.75) is 165 Å². The number of unbranched alkanes of at least 4 members (excludes halogenated alkanes) is 10. The fourth-order valence-electron chi connectivity index (χ4n) is 7.19. The molecule has 0 saturated heterocycles. The van der Waals surface area contributed by atoms with Crippen LogP contribution in [0.2, 0.25) is 0 Å². The zero-order chi connectivity index (χ0) is 24.3. The van der Waals surface area contributed by atoms with Gasteiger partial charge in [-0.25, -0.2) is 0 Å². The van der Waals surface area contributed by atoms with Crippen LogP contribution < -0.4 is 0 Å². The Hall–Kier alpha value is 0.500. The van der Waals surface area contributed by atoms with Crippen LogP contribution in [0, 0.1) is 10.8 Å². The summed E-state index contributed by atoms with van der Waals surface area (Å²) < 4.78 is 11.9. The largest absolute Gasteiger partial charge is 0.378 e. The number of rotatable bonds is 16. The topological polar surface area (TPSA) is 18.5 Å². The van der Waals surface area contributed by atoms with Crippen LogP contribution in [0.4, 0.5) is 0 Å². The van der Waals surface area contributed by atoms with Crippen molar-refractivity contribution in [1.82, 2.24) is 0 Å². The first kappa shape index (κ1) is 29.1. The summed E-state index contributed by atoms with van der Waals surface area (Å²) in [4.78, 5) is 0. The molecule has 34 heavy (non-hydrogen) atoms. The van der Waals surface area contributed by atoms with Gasteiger partial charge >= 0.3 is 0 Å². The smallest absolute Gasteiger partial charge is 0.129 e. The normalized spacial score (nSPS) is 32.8. The van der Waals surface area contributed by atoms with Gasteiger partial charge in [0.15, 0.2) is 0 Å². The van der Waals surface area contributed by atoms with Gasteiger partial charge in [0.1, 0.15) is 4.33 Å². The number of hydrogen-bond acceptors (Lipinski definition) is 2. The van der Waals surface area contributed by atoms with E-state index in [1.807, 2.05) is 0 Å². The van der Waals surface area contributed by atoms with Crippen LogP contribution >= 0.6 is 23.2 Å². The number of alkyl halides is 2. The highest BCUT2D eigenvalue weighted by Crippen LogP contribution is 2.76. The Morgan fingerprint density at radius 2 is 0.912 bits per heavy atom. The minimum Gasteiger partial charge on any atom is -0.378 e.